The summed E-state index contributed by atoms with van der Waals surface area (Å²) in [5, 5.41) is 9.98. The third kappa shape index (κ3) is 3.68. The zero-order valence-electron chi connectivity index (χ0n) is 12.1. The highest BCUT2D eigenvalue weighted by Crippen LogP contribution is 2.22. The molecule has 0 heterocycles. The molecule has 0 aliphatic heterocycles. The Hall–Kier alpha value is -2.27. The first kappa shape index (κ1) is 16.1. The van der Waals surface area contributed by atoms with Crippen LogP contribution in [-0.4, -0.2) is 17.5 Å². The average Bonchev–Trinajstić information content (AvgIpc) is 2.54. The van der Waals surface area contributed by atoms with Gasteiger partial charge in [-0.2, -0.15) is 0 Å². The van der Waals surface area contributed by atoms with Crippen LogP contribution in [0, 0.1) is 11.6 Å². The molecule has 2 rings (SSSR count). The first-order valence-electron chi connectivity index (χ1n) is 6.91. The molecule has 0 radical (unpaired) electrons. The molecule has 0 amide bonds. The van der Waals surface area contributed by atoms with E-state index in [1.807, 2.05) is 0 Å². The molecule has 0 bridgehead atoms. The van der Waals surface area contributed by atoms with Crippen LogP contribution in [0.2, 0.25) is 0 Å². The summed E-state index contributed by atoms with van der Waals surface area (Å²) in [6.07, 6.45) is -0.786. The summed E-state index contributed by atoms with van der Waals surface area (Å²) in [6, 6.07) is 9.86. The van der Waals surface area contributed by atoms with Gasteiger partial charge in [-0.3, -0.25) is 4.79 Å². The number of para-hydroxylation sites is 1. The largest absolute Gasteiger partial charge is 0.490 e. The first-order chi connectivity index (χ1) is 10.5. The minimum absolute atomic E-state index is 0.0714. The Morgan fingerprint density at radius 2 is 1.91 bits per heavy atom. The summed E-state index contributed by atoms with van der Waals surface area (Å²) < 4.78 is 31.5. The van der Waals surface area contributed by atoms with E-state index in [0.717, 1.165) is 12.1 Å². The fourth-order valence-electron chi connectivity index (χ4n) is 2.00. The van der Waals surface area contributed by atoms with E-state index in [2.05, 4.69) is 0 Å². The Balaban J connectivity index is 2.09. The number of halogens is 2. The van der Waals surface area contributed by atoms with Crippen LogP contribution in [0.5, 0.6) is 5.75 Å². The van der Waals surface area contributed by atoms with Crippen molar-refractivity contribution < 1.29 is 23.4 Å². The Kier molecular flexibility index (Phi) is 5.22. The molecule has 2 aromatic rings. The number of carbonyl (C=O) groups excluding carboxylic acids is 1. The summed E-state index contributed by atoms with van der Waals surface area (Å²) in [5.74, 6) is -1.72. The predicted octanol–water partition coefficient (Wildman–Crippen LogP) is 3.67. The molecule has 2 aromatic carbocycles. The molecule has 0 saturated carbocycles. The molecule has 0 spiro atoms. The third-order valence-electron chi connectivity index (χ3n) is 3.23. The maximum absolute atomic E-state index is 13.1. The number of Topliss-reactive ketones (excluding diaryl/α,β-unsaturated/α-hetero) is 1. The minimum Gasteiger partial charge on any atom is -0.490 e. The number of aliphatic hydroxyl groups excluding tert-OH is 1. The molecule has 22 heavy (non-hydrogen) atoms. The molecule has 116 valence electrons. The summed E-state index contributed by atoms with van der Waals surface area (Å²) in [7, 11) is 0. The van der Waals surface area contributed by atoms with Crippen molar-refractivity contribution in [3.05, 3.63) is 65.2 Å². The third-order valence-corrected chi connectivity index (χ3v) is 3.23. The lowest BCUT2D eigenvalue weighted by molar-refractivity contribution is 0.0956. The second-order valence-corrected chi connectivity index (χ2v) is 4.77. The number of hydrogen-bond acceptors (Lipinski definition) is 3. The molecule has 0 aliphatic rings. The van der Waals surface area contributed by atoms with Crippen LogP contribution in [0.15, 0.2) is 42.5 Å². The van der Waals surface area contributed by atoms with E-state index >= 15 is 0 Å². The van der Waals surface area contributed by atoms with Crippen molar-refractivity contribution in [2.45, 2.75) is 19.4 Å². The van der Waals surface area contributed by atoms with Gasteiger partial charge in [-0.15, -0.1) is 0 Å². The van der Waals surface area contributed by atoms with E-state index < -0.39 is 17.7 Å². The second-order valence-electron chi connectivity index (χ2n) is 4.77. The van der Waals surface area contributed by atoms with Gasteiger partial charge in [0, 0.05) is 6.42 Å². The fourth-order valence-corrected chi connectivity index (χ4v) is 2.00. The van der Waals surface area contributed by atoms with E-state index in [1.54, 1.807) is 31.2 Å². The van der Waals surface area contributed by atoms with Crippen molar-refractivity contribution in [3.63, 3.8) is 0 Å². The van der Waals surface area contributed by atoms with Crippen LogP contribution in [0.4, 0.5) is 8.78 Å². The Bertz CT molecular complexity index is 671. The minimum atomic E-state index is -1.13. The normalized spacial score (nSPS) is 12.0. The van der Waals surface area contributed by atoms with Gasteiger partial charge in [-0.05, 0) is 29.8 Å². The van der Waals surface area contributed by atoms with Crippen molar-refractivity contribution in [2.24, 2.45) is 0 Å². The molecule has 3 nitrogen and oxygen atoms in total. The molecular weight excluding hydrogens is 290 g/mol. The van der Waals surface area contributed by atoms with Gasteiger partial charge in [-0.1, -0.05) is 25.1 Å². The Morgan fingerprint density at radius 3 is 2.59 bits per heavy atom. The maximum atomic E-state index is 13.1. The van der Waals surface area contributed by atoms with Gasteiger partial charge in [0.05, 0.1) is 5.56 Å². The number of ketones is 1. The number of aliphatic hydroxyl groups is 1. The average molecular weight is 306 g/mol. The molecule has 5 heteroatoms. The fraction of sp³-hybridized carbons (Fsp3) is 0.235. The monoisotopic (exact) mass is 306 g/mol. The van der Waals surface area contributed by atoms with Crippen molar-refractivity contribution >= 4 is 5.78 Å². The number of carbonyl (C=O) groups is 1. The van der Waals surface area contributed by atoms with Gasteiger partial charge in [0.15, 0.2) is 17.4 Å². The smallest absolute Gasteiger partial charge is 0.166 e. The summed E-state index contributed by atoms with van der Waals surface area (Å²) in [5.41, 5.74) is 0.640. The zero-order chi connectivity index (χ0) is 16.1. The first-order valence-corrected chi connectivity index (χ1v) is 6.91. The van der Waals surface area contributed by atoms with Crippen LogP contribution >= 0.6 is 0 Å². The second kappa shape index (κ2) is 7.13. The zero-order valence-corrected chi connectivity index (χ0v) is 12.1. The lowest BCUT2D eigenvalue weighted by Crippen LogP contribution is -2.12. The summed E-state index contributed by atoms with van der Waals surface area (Å²) in [4.78, 5) is 11.8. The highest BCUT2D eigenvalue weighted by atomic mass is 19.2. The van der Waals surface area contributed by atoms with Crippen LogP contribution in [0.1, 0.15) is 35.4 Å². The standard InChI is InChI=1S/C17H16F2O3/c1-2-15(20)12-5-3-4-6-17(12)22-10-16(21)11-7-8-13(18)14(19)9-11/h3-9,16,21H,2,10H2,1H3. The molecule has 1 unspecified atom stereocenters. The Labute approximate surface area is 127 Å². The van der Waals surface area contributed by atoms with Gasteiger partial charge in [0.2, 0.25) is 0 Å². The number of benzene rings is 2. The van der Waals surface area contributed by atoms with Crippen molar-refractivity contribution in [3.8, 4) is 5.75 Å². The molecular formula is C17H16F2O3. The van der Waals surface area contributed by atoms with Crippen molar-refractivity contribution in [2.75, 3.05) is 6.61 Å². The molecule has 0 saturated heterocycles. The molecule has 1 N–H and O–H groups in total. The lowest BCUT2D eigenvalue weighted by Gasteiger charge is -2.15. The van der Waals surface area contributed by atoms with Crippen LogP contribution < -0.4 is 4.74 Å². The van der Waals surface area contributed by atoms with E-state index in [4.69, 9.17) is 4.74 Å². The van der Waals surface area contributed by atoms with E-state index in [9.17, 15) is 18.7 Å². The van der Waals surface area contributed by atoms with Crippen molar-refractivity contribution in [1.82, 2.24) is 0 Å². The van der Waals surface area contributed by atoms with E-state index in [0.29, 0.717) is 17.7 Å². The number of hydrogen-bond donors (Lipinski definition) is 1. The van der Waals surface area contributed by atoms with Crippen LogP contribution in [0.25, 0.3) is 0 Å². The molecule has 1 atom stereocenters. The molecule has 0 aliphatic carbocycles. The molecule has 0 fully saturated rings. The lowest BCUT2D eigenvalue weighted by atomic mass is 10.1. The number of rotatable bonds is 6. The quantitative estimate of drug-likeness (QED) is 0.828. The number of ether oxygens (including phenoxy) is 1. The van der Waals surface area contributed by atoms with Crippen LogP contribution in [0.3, 0.4) is 0 Å². The van der Waals surface area contributed by atoms with Gasteiger partial charge in [0.25, 0.3) is 0 Å². The van der Waals surface area contributed by atoms with Gasteiger partial charge >= 0.3 is 0 Å². The highest BCUT2D eigenvalue weighted by Gasteiger charge is 2.14. The topological polar surface area (TPSA) is 46.5 Å². The summed E-state index contributed by atoms with van der Waals surface area (Å²) >= 11 is 0. The van der Waals surface area contributed by atoms with Crippen LogP contribution in [-0.2, 0) is 0 Å². The Morgan fingerprint density at radius 1 is 1.18 bits per heavy atom. The van der Waals surface area contributed by atoms with E-state index in [1.165, 1.54) is 6.07 Å². The highest BCUT2D eigenvalue weighted by molar-refractivity contribution is 5.98. The maximum Gasteiger partial charge on any atom is 0.166 e. The van der Waals surface area contributed by atoms with E-state index in [-0.39, 0.29) is 18.0 Å². The van der Waals surface area contributed by atoms with Gasteiger partial charge in [0.1, 0.15) is 18.5 Å². The SMILES string of the molecule is CCC(=O)c1ccccc1OCC(O)c1ccc(F)c(F)c1. The predicted molar refractivity (Wildman–Crippen MR) is 77.9 cm³/mol. The van der Waals surface area contributed by atoms with Gasteiger partial charge < -0.3 is 9.84 Å². The summed E-state index contributed by atoms with van der Waals surface area (Å²) in [6.45, 7) is 1.58. The van der Waals surface area contributed by atoms with Gasteiger partial charge in [-0.25, -0.2) is 8.78 Å². The molecule has 0 aromatic heterocycles. The van der Waals surface area contributed by atoms with Crippen molar-refractivity contribution in [1.29, 1.82) is 0 Å².